The van der Waals surface area contributed by atoms with Crippen LogP contribution >= 0.6 is 0 Å². The van der Waals surface area contributed by atoms with Crippen LogP contribution in [-0.4, -0.2) is 60.6 Å². The molecule has 0 radical (unpaired) electrons. The first-order chi connectivity index (χ1) is 16.4. The van der Waals surface area contributed by atoms with Crippen molar-refractivity contribution in [3.8, 4) is 5.88 Å². The molecule has 0 unspecified atom stereocenters. The van der Waals surface area contributed by atoms with Crippen molar-refractivity contribution in [3.63, 3.8) is 0 Å². The maximum Gasteiger partial charge on any atom is 0.344 e. The first-order valence-electron chi connectivity index (χ1n) is 10.2. The van der Waals surface area contributed by atoms with Crippen LogP contribution in [0.5, 0.6) is 5.88 Å². The van der Waals surface area contributed by atoms with E-state index in [4.69, 9.17) is 15.2 Å². The van der Waals surface area contributed by atoms with Gasteiger partial charge in [0, 0.05) is 12.6 Å². The van der Waals surface area contributed by atoms with Gasteiger partial charge in [-0.1, -0.05) is 0 Å². The number of esters is 1. The Balaban J connectivity index is 1.90. The highest BCUT2D eigenvalue weighted by atomic mass is 32.2. The van der Waals surface area contributed by atoms with Gasteiger partial charge in [-0.15, -0.1) is 0 Å². The number of halogens is 3. The Hall–Kier alpha value is -3.68. The maximum atomic E-state index is 14.8. The summed E-state index contributed by atoms with van der Waals surface area (Å²) in [6.07, 6.45) is 2.96. The molecular weight excluding hydrogens is 491 g/mol. The molecule has 2 aromatic rings. The summed E-state index contributed by atoms with van der Waals surface area (Å²) in [4.78, 5) is 23.0. The molecule has 3 rings (SSSR count). The molecule has 0 amide bonds. The maximum absolute atomic E-state index is 14.8. The van der Waals surface area contributed by atoms with E-state index in [2.05, 4.69) is 15.0 Å². The molecule has 1 atom stereocenters. The van der Waals surface area contributed by atoms with E-state index in [1.165, 1.54) is 14.0 Å². The van der Waals surface area contributed by atoms with Gasteiger partial charge in [-0.05, 0) is 37.6 Å². The highest BCUT2D eigenvalue weighted by Gasteiger charge is 2.42. The Morgan fingerprint density at radius 2 is 2.00 bits per heavy atom. The molecule has 14 heteroatoms. The summed E-state index contributed by atoms with van der Waals surface area (Å²) in [5.74, 6) is -5.36. The molecule has 0 spiro atoms. The standard InChI is InChI=1S/C21H22F3N5O5S/c1-4-33-18(30)10-34-17-9-26-16(8-27-17)14(22)6-12-5-13(19(24)15(23)7-12)21(2)11-35(31,32)29(3)20(25)28-21/h5-9H,4,10-11H2,1-3H3,(H2,25,28)/b14-6-/t21-/m0/s1. The molecule has 0 saturated carbocycles. The molecule has 0 bridgehead atoms. The largest absolute Gasteiger partial charge is 0.465 e. The van der Waals surface area contributed by atoms with Crippen molar-refractivity contribution >= 4 is 33.9 Å². The van der Waals surface area contributed by atoms with Gasteiger partial charge in [0.2, 0.25) is 21.9 Å². The molecule has 35 heavy (non-hydrogen) atoms. The number of sulfonamides is 1. The molecule has 0 aliphatic carbocycles. The highest BCUT2D eigenvalue weighted by molar-refractivity contribution is 7.89. The molecule has 10 nitrogen and oxygen atoms in total. The topological polar surface area (TPSA) is 137 Å². The quantitative estimate of drug-likeness (QED) is 0.555. The zero-order chi connectivity index (χ0) is 26.0. The average Bonchev–Trinajstić information content (AvgIpc) is 2.78. The van der Waals surface area contributed by atoms with E-state index in [9.17, 15) is 26.4 Å². The summed E-state index contributed by atoms with van der Waals surface area (Å²) in [7, 11) is -2.76. The molecule has 1 aromatic carbocycles. The van der Waals surface area contributed by atoms with E-state index < -0.39 is 62.9 Å². The zero-order valence-corrected chi connectivity index (χ0v) is 19.8. The number of aromatic nitrogens is 2. The van der Waals surface area contributed by atoms with E-state index in [1.54, 1.807) is 6.92 Å². The van der Waals surface area contributed by atoms with E-state index in [0.29, 0.717) is 0 Å². The van der Waals surface area contributed by atoms with Crippen molar-refractivity contribution in [1.82, 2.24) is 14.3 Å². The average molecular weight is 513 g/mol. The predicted octanol–water partition coefficient (Wildman–Crippen LogP) is 1.97. The van der Waals surface area contributed by atoms with Crippen molar-refractivity contribution in [2.24, 2.45) is 10.7 Å². The summed E-state index contributed by atoms with van der Waals surface area (Å²) in [6.45, 7) is 2.69. The van der Waals surface area contributed by atoms with Crippen LogP contribution in [0.25, 0.3) is 11.9 Å². The predicted molar refractivity (Wildman–Crippen MR) is 120 cm³/mol. The lowest BCUT2D eigenvalue weighted by Gasteiger charge is -2.34. The summed E-state index contributed by atoms with van der Waals surface area (Å²) >= 11 is 0. The fraction of sp³-hybridized carbons (Fsp3) is 0.333. The van der Waals surface area contributed by atoms with Crippen LogP contribution in [0.1, 0.15) is 30.7 Å². The van der Waals surface area contributed by atoms with E-state index in [1.807, 2.05) is 0 Å². The number of aliphatic imine (C=N–C) groups is 1. The van der Waals surface area contributed by atoms with Gasteiger partial charge in [-0.3, -0.25) is 0 Å². The Labute approximate surface area is 199 Å². The van der Waals surface area contributed by atoms with E-state index in [-0.39, 0.29) is 23.7 Å². The molecule has 1 aromatic heterocycles. The lowest BCUT2D eigenvalue weighted by Crippen LogP contribution is -2.50. The van der Waals surface area contributed by atoms with Gasteiger partial charge in [-0.2, -0.15) is 0 Å². The van der Waals surface area contributed by atoms with Crippen LogP contribution in [-0.2, 0) is 25.1 Å². The molecular formula is C21H22F3N5O5S. The Morgan fingerprint density at radius 1 is 1.29 bits per heavy atom. The van der Waals surface area contributed by atoms with Gasteiger partial charge in [0.1, 0.15) is 11.2 Å². The zero-order valence-electron chi connectivity index (χ0n) is 19.0. The number of benzene rings is 1. The number of carbonyl (C=O) groups is 1. The number of rotatable bonds is 7. The lowest BCUT2D eigenvalue weighted by atomic mass is 9.92. The molecule has 188 valence electrons. The fourth-order valence-electron chi connectivity index (χ4n) is 3.24. The van der Waals surface area contributed by atoms with Crippen LogP contribution < -0.4 is 10.5 Å². The molecule has 1 aliphatic rings. The normalized spacial score (nSPS) is 19.8. The third-order valence-electron chi connectivity index (χ3n) is 5.00. The van der Waals surface area contributed by atoms with Gasteiger partial charge in [0.15, 0.2) is 24.1 Å². The van der Waals surface area contributed by atoms with Crippen molar-refractivity contribution < 1.29 is 35.9 Å². The molecule has 1 aliphatic heterocycles. The number of nitrogens with zero attached hydrogens (tertiary/aromatic N) is 4. The number of ether oxygens (including phenoxy) is 2. The summed E-state index contributed by atoms with van der Waals surface area (Å²) in [5, 5.41) is 0. The SMILES string of the molecule is CCOC(=O)COc1cnc(/C(F)=C/c2cc(F)c(F)c([C@]3(C)CS(=O)(=O)N(C)C(N)=N3)c2)cn1. The van der Waals surface area contributed by atoms with Crippen LogP contribution in [0.2, 0.25) is 0 Å². The Bertz CT molecular complexity index is 1300. The smallest absolute Gasteiger partial charge is 0.344 e. The molecule has 0 saturated heterocycles. The third-order valence-corrected chi connectivity index (χ3v) is 6.95. The first kappa shape index (κ1) is 25.9. The first-order valence-corrected chi connectivity index (χ1v) is 11.8. The monoisotopic (exact) mass is 513 g/mol. The Morgan fingerprint density at radius 3 is 2.60 bits per heavy atom. The minimum Gasteiger partial charge on any atom is -0.465 e. The minimum atomic E-state index is -3.95. The van der Waals surface area contributed by atoms with Gasteiger partial charge < -0.3 is 15.2 Å². The number of nitrogens with two attached hydrogens (primary N) is 1. The van der Waals surface area contributed by atoms with Crippen molar-refractivity contribution in [1.29, 1.82) is 0 Å². The molecule has 0 fully saturated rings. The summed E-state index contributed by atoms with van der Waals surface area (Å²) in [6, 6.07) is 1.82. The van der Waals surface area contributed by atoms with Crippen LogP contribution in [0.15, 0.2) is 29.5 Å². The second-order valence-corrected chi connectivity index (χ2v) is 9.66. The fourth-order valence-corrected chi connectivity index (χ4v) is 4.69. The Kier molecular flexibility index (Phi) is 7.33. The van der Waals surface area contributed by atoms with Crippen LogP contribution in [0.3, 0.4) is 0 Å². The molecule has 2 heterocycles. The second-order valence-electron chi connectivity index (χ2n) is 7.66. The van der Waals surface area contributed by atoms with Crippen molar-refractivity contribution in [2.75, 3.05) is 26.0 Å². The number of hydrogen-bond donors (Lipinski definition) is 1. The minimum absolute atomic E-state index is 0.0587. The third kappa shape index (κ3) is 5.70. The molecule has 2 N–H and O–H groups in total. The van der Waals surface area contributed by atoms with E-state index in [0.717, 1.165) is 34.9 Å². The second kappa shape index (κ2) is 9.90. The van der Waals surface area contributed by atoms with Crippen molar-refractivity contribution in [3.05, 3.63) is 53.0 Å². The lowest BCUT2D eigenvalue weighted by molar-refractivity contribution is -0.145. The van der Waals surface area contributed by atoms with Gasteiger partial charge in [0.25, 0.3) is 0 Å². The highest BCUT2D eigenvalue weighted by Crippen LogP contribution is 2.35. The van der Waals surface area contributed by atoms with Gasteiger partial charge >= 0.3 is 5.97 Å². The van der Waals surface area contributed by atoms with Crippen LogP contribution in [0, 0.1) is 11.6 Å². The summed E-state index contributed by atoms with van der Waals surface area (Å²) in [5.41, 5.74) is 3.14. The van der Waals surface area contributed by atoms with Gasteiger partial charge in [0.05, 0.1) is 24.8 Å². The number of carbonyl (C=O) groups excluding carboxylic acids is 1. The van der Waals surface area contributed by atoms with E-state index >= 15 is 0 Å². The van der Waals surface area contributed by atoms with Crippen LogP contribution in [0.4, 0.5) is 13.2 Å². The number of guanidine groups is 1. The number of hydrogen-bond acceptors (Lipinski definition) is 9. The summed E-state index contributed by atoms with van der Waals surface area (Å²) < 4.78 is 79.2. The van der Waals surface area contributed by atoms with Crippen molar-refractivity contribution in [2.45, 2.75) is 19.4 Å². The van der Waals surface area contributed by atoms with Gasteiger partial charge in [-0.25, -0.2) is 45.6 Å².